The normalized spacial score (nSPS) is 15.5. The zero-order valence-electron chi connectivity index (χ0n) is 12.2. The van der Waals surface area contributed by atoms with Gasteiger partial charge in [0, 0.05) is 12.0 Å². The van der Waals surface area contributed by atoms with Crippen LogP contribution in [0.25, 0.3) is 0 Å². The summed E-state index contributed by atoms with van der Waals surface area (Å²) in [6, 6.07) is 0. The Morgan fingerprint density at radius 3 is 2.35 bits per heavy atom. The van der Waals surface area contributed by atoms with Crippen molar-refractivity contribution < 1.29 is 4.79 Å². The number of carbonyl (C=O) groups excluding carboxylic acids is 1. The fourth-order valence-electron chi connectivity index (χ4n) is 1.94. The number of hydrogen-bond donors (Lipinski definition) is 1. The van der Waals surface area contributed by atoms with Crippen molar-refractivity contribution in [2.45, 2.75) is 78.7 Å². The summed E-state index contributed by atoms with van der Waals surface area (Å²) in [4.78, 5) is 11.7. The Kier molecular flexibility index (Phi) is 7.94. The average Bonchev–Trinajstić information content (AvgIpc) is 2.26. The van der Waals surface area contributed by atoms with Gasteiger partial charge in [0.05, 0.1) is 0 Å². The highest BCUT2D eigenvalue weighted by molar-refractivity contribution is 5.76. The van der Waals surface area contributed by atoms with Crippen LogP contribution in [-0.2, 0) is 4.79 Å². The molecule has 0 heterocycles. The molecular weight excluding hydrogens is 210 g/mol. The molecule has 0 aromatic rings. The SMILES string of the molecule is CCCC(=O)NC(C)(CC=C(C)CC)CCC. The summed E-state index contributed by atoms with van der Waals surface area (Å²) in [6.07, 6.45) is 7.98. The summed E-state index contributed by atoms with van der Waals surface area (Å²) in [5.41, 5.74) is 1.33. The van der Waals surface area contributed by atoms with E-state index < -0.39 is 0 Å². The van der Waals surface area contributed by atoms with E-state index in [2.05, 4.69) is 39.1 Å². The van der Waals surface area contributed by atoms with Gasteiger partial charge in [0.15, 0.2) is 0 Å². The lowest BCUT2D eigenvalue weighted by molar-refractivity contribution is -0.122. The maximum Gasteiger partial charge on any atom is 0.220 e. The Labute approximate surface area is 107 Å². The van der Waals surface area contributed by atoms with Crippen LogP contribution in [0.5, 0.6) is 0 Å². The summed E-state index contributed by atoms with van der Waals surface area (Å²) in [5, 5.41) is 3.19. The first kappa shape index (κ1) is 16.2. The first-order valence-electron chi connectivity index (χ1n) is 6.94. The van der Waals surface area contributed by atoms with E-state index in [0.717, 1.165) is 32.1 Å². The number of amides is 1. The van der Waals surface area contributed by atoms with Gasteiger partial charge in [-0.2, -0.15) is 0 Å². The second kappa shape index (κ2) is 8.32. The van der Waals surface area contributed by atoms with E-state index in [4.69, 9.17) is 0 Å². The van der Waals surface area contributed by atoms with Crippen molar-refractivity contribution in [1.82, 2.24) is 5.32 Å². The molecule has 0 aromatic heterocycles. The van der Waals surface area contributed by atoms with Crippen molar-refractivity contribution in [3.05, 3.63) is 11.6 Å². The van der Waals surface area contributed by atoms with Gasteiger partial charge in [0.25, 0.3) is 0 Å². The topological polar surface area (TPSA) is 29.1 Å². The third-order valence-corrected chi connectivity index (χ3v) is 3.18. The molecule has 100 valence electrons. The molecule has 1 amide bonds. The molecule has 0 bridgehead atoms. The van der Waals surface area contributed by atoms with Crippen LogP contribution in [0.4, 0.5) is 0 Å². The van der Waals surface area contributed by atoms with E-state index in [9.17, 15) is 4.79 Å². The molecule has 0 radical (unpaired) electrons. The molecule has 17 heavy (non-hydrogen) atoms. The third-order valence-electron chi connectivity index (χ3n) is 3.18. The van der Waals surface area contributed by atoms with Crippen molar-refractivity contribution >= 4 is 5.91 Å². The predicted molar refractivity (Wildman–Crippen MR) is 75.0 cm³/mol. The molecule has 1 unspecified atom stereocenters. The van der Waals surface area contributed by atoms with Crippen molar-refractivity contribution in [2.75, 3.05) is 0 Å². The molecule has 0 saturated carbocycles. The zero-order valence-corrected chi connectivity index (χ0v) is 12.2. The Hall–Kier alpha value is -0.790. The molecule has 0 aromatic carbocycles. The van der Waals surface area contributed by atoms with Crippen LogP contribution in [0.1, 0.15) is 73.1 Å². The third kappa shape index (κ3) is 7.19. The quantitative estimate of drug-likeness (QED) is 0.632. The maximum absolute atomic E-state index is 11.7. The molecule has 0 aliphatic carbocycles. The van der Waals surface area contributed by atoms with Gasteiger partial charge in [-0.05, 0) is 39.5 Å². The fourth-order valence-corrected chi connectivity index (χ4v) is 1.94. The number of hydrogen-bond acceptors (Lipinski definition) is 1. The molecule has 0 saturated heterocycles. The van der Waals surface area contributed by atoms with E-state index in [1.807, 2.05) is 6.92 Å². The molecule has 0 spiro atoms. The van der Waals surface area contributed by atoms with Gasteiger partial charge in [-0.25, -0.2) is 0 Å². The minimum absolute atomic E-state index is 0.0720. The molecule has 0 fully saturated rings. The average molecular weight is 239 g/mol. The largest absolute Gasteiger partial charge is 0.351 e. The van der Waals surface area contributed by atoms with Crippen LogP contribution in [0, 0.1) is 0 Å². The van der Waals surface area contributed by atoms with Crippen LogP contribution < -0.4 is 5.32 Å². The van der Waals surface area contributed by atoms with Crippen LogP contribution in [-0.4, -0.2) is 11.4 Å². The highest BCUT2D eigenvalue weighted by Gasteiger charge is 2.23. The Balaban J connectivity index is 4.49. The van der Waals surface area contributed by atoms with Crippen molar-refractivity contribution in [3.8, 4) is 0 Å². The highest BCUT2D eigenvalue weighted by atomic mass is 16.1. The zero-order chi connectivity index (χ0) is 13.3. The Bertz CT molecular complexity index is 258. The standard InChI is InChI=1S/C15H29NO/c1-6-9-14(17)16-15(5,11-7-2)12-10-13(4)8-3/h10H,6-9,11-12H2,1-5H3,(H,16,17). The van der Waals surface area contributed by atoms with Crippen LogP contribution in [0.15, 0.2) is 11.6 Å². The number of carbonyl (C=O) groups is 1. The van der Waals surface area contributed by atoms with Crippen molar-refractivity contribution in [2.24, 2.45) is 0 Å². The van der Waals surface area contributed by atoms with Gasteiger partial charge in [-0.1, -0.05) is 38.8 Å². The number of rotatable bonds is 8. The predicted octanol–water partition coefficient (Wildman–Crippen LogP) is 4.21. The summed E-state index contributed by atoms with van der Waals surface area (Å²) in [6.45, 7) is 10.7. The number of allylic oxidation sites excluding steroid dienone is 1. The lowest BCUT2D eigenvalue weighted by atomic mass is 9.90. The molecule has 2 heteroatoms. The summed E-state index contributed by atoms with van der Waals surface area (Å²) in [7, 11) is 0. The van der Waals surface area contributed by atoms with Crippen LogP contribution in [0.2, 0.25) is 0 Å². The second-order valence-electron chi connectivity index (χ2n) is 5.22. The maximum atomic E-state index is 11.7. The first-order valence-corrected chi connectivity index (χ1v) is 6.94. The van der Waals surface area contributed by atoms with Crippen LogP contribution in [0.3, 0.4) is 0 Å². The fraction of sp³-hybridized carbons (Fsp3) is 0.800. The Morgan fingerprint density at radius 2 is 1.88 bits per heavy atom. The van der Waals surface area contributed by atoms with Gasteiger partial charge in [-0.15, -0.1) is 0 Å². The molecule has 1 atom stereocenters. The van der Waals surface area contributed by atoms with E-state index in [0.29, 0.717) is 6.42 Å². The first-order chi connectivity index (χ1) is 7.97. The lowest BCUT2D eigenvalue weighted by Crippen LogP contribution is -2.45. The lowest BCUT2D eigenvalue weighted by Gasteiger charge is -2.30. The highest BCUT2D eigenvalue weighted by Crippen LogP contribution is 2.19. The smallest absolute Gasteiger partial charge is 0.220 e. The van der Waals surface area contributed by atoms with Gasteiger partial charge in [-0.3, -0.25) is 4.79 Å². The molecule has 1 N–H and O–H groups in total. The van der Waals surface area contributed by atoms with Gasteiger partial charge < -0.3 is 5.32 Å². The van der Waals surface area contributed by atoms with Gasteiger partial charge >= 0.3 is 0 Å². The minimum Gasteiger partial charge on any atom is -0.351 e. The summed E-state index contributed by atoms with van der Waals surface area (Å²) in [5.74, 6) is 0.186. The van der Waals surface area contributed by atoms with E-state index in [1.54, 1.807) is 0 Å². The Morgan fingerprint density at radius 1 is 1.24 bits per heavy atom. The van der Waals surface area contributed by atoms with Gasteiger partial charge in [0.2, 0.25) is 5.91 Å². The monoisotopic (exact) mass is 239 g/mol. The van der Waals surface area contributed by atoms with E-state index in [1.165, 1.54) is 5.57 Å². The van der Waals surface area contributed by atoms with Crippen molar-refractivity contribution in [1.29, 1.82) is 0 Å². The second-order valence-corrected chi connectivity index (χ2v) is 5.22. The molecule has 2 nitrogen and oxygen atoms in total. The molecule has 0 aliphatic rings. The summed E-state index contributed by atoms with van der Waals surface area (Å²) < 4.78 is 0. The molecule has 0 rings (SSSR count). The van der Waals surface area contributed by atoms with Crippen LogP contribution >= 0.6 is 0 Å². The molecular formula is C15H29NO. The van der Waals surface area contributed by atoms with Gasteiger partial charge in [0.1, 0.15) is 0 Å². The summed E-state index contributed by atoms with van der Waals surface area (Å²) >= 11 is 0. The minimum atomic E-state index is -0.0720. The number of nitrogens with one attached hydrogen (secondary N) is 1. The van der Waals surface area contributed by atoms with Crippen molar-refractivity contribution in [3.63, 3.8) is 0 Å². The van der Waals surface area contributed by atoms with E-state index in [-0.39, 0.29) is 11.4 Å². The van der Waals surface area contributed by atoms with E-state index >= 15 is 0 Å². The molecule has 0 aliphatic heterocycles.